The third-order valence-electron chi connectivity index (χ3n) is 4.11. The first-order valence-corrected chi connectivity index (χ1v) is 7.68. The zero-order valence-electron chi connectivity index (χ0n) is 12.0. The summed E-state index contributed by atoms with van der Waals surface area (Å²) in [5, 5.41) is 1.83. The van der Waals surface area contributed by atoms with E-state index in [1.54, 1.807) is 0 Å². The molecule has 1 aliphatic rings. The number of nitrogens with one attached hydrogen (secondary N) is 1. The molecule has 0 atom stereocenters. The minimum absolute atomic E-state index is 0.277. The average molecular weight is 293 g/mol. The number of ether oxygens (including phenoxy) is 1. The van der Waals surface area contributed by atoms with Crippen LogP contribution in [0.5, 0.6) is 5.75 Å². The number of halogens is 1. The number of rotatable bonds is 3. The summed E-state index contributed by atoms with van der Waals surface area (Å²) in [5.41, 5.74) is 1.05. The number of H-pyrrole nitrogens is 1. The van der Waals surface area contributed by atoms with Crippen molar-refractivity contribution in [2.75, 3.05) is 13.1 Å². The molecule has 0 aliphatic carbocycles. The van der Waals surface area contributed by atoms with Crippen LogP contribution in [0.4, 0.5) is 0 Å². The Kier molecular flexibility index (Phi) is 3.90. The summed E-state index contributed by atoms with van der Waals surface area (Å²) in [6.07, 6.45) is 4.34. The van der Waals surface area contributed by atoms with E-state index in [4.69, 9.17) is 16.3 Å². The van der Waals surface area contributed by atoms with E-state index in [2.05, 4.69) is 23.7 Å². The normalized spacial score (nSPS) is 18.0. The predicted octanol–water partition coefficient (Wildman–Crippen LogP) is 4.07. The van der Waals surface area contributed by atoms with Gasteiger partial charge in [0.15, 0.2) is 0 Å². The van der Waals surface area contributed by atoms with E-state index in [1.165, 1.54) is 0 Å². The maximum absolute atomic E-state index is 6.30. The van der Waals surface area contributed by atoms with Gasteiger partial charge in [0.05, 0.1) is 5.02 Å². The molecule has 2 heterocycles. The minimum Gasteiger partial charge on any atom is -0.489 e. The van der Waals surface area contributed by atoms with Crippen LogP contribution in [0.25, 0.3) is 10.9 Å². The van der Waals surface area contributed by atoms with Crippen molar-refractivity contribution in [2.24, 2.45) is 0 Å². The zero-order valence-corrected chi connectivity index (χ0v) is 12.8. The standard InChI is InChI=1S/C16H21ClN2O/c1-11(2)19-7-4-13(5-8-19)20-16-9-12-3-6-18-15(12)10-14(16)17/h3,6,9-11,13,18H,4-5,7-8H2,1-2H3. The van der Waals surface area contributed by atoms with Crippen LogP contribution in [0, 0.1) is 0 Å². The van der Waals surface area contributed by atoms with E-state index < -0.39 is 0 Å². The number of aromatic nitrogens is 1. The van der Waals surface area contributed by atoms with Crippen LogP contribution in [-0.2, 0) is 0 Å². The van der Waals surface area contributed by atoms with Gasteiger partial charge in [-0.1, -0.05) is 11.6 Å². The molecule has 4 heteroatoms. The monoisotopic (exact) mass is 292 g/mol. The largest absolute Gasteiger partial charge is 0.489 e. The number of hydrogen-bond acceptors (Lipinski definition) is 2. The van der Waals surface area contributed by atoms with Crippen LogP contribution in [0.1, 0.15) is 26.7 Å². The number of piperidine rings is 1. The second-order valence-corrected chi connectivity index (χ2v) is 6.20. The number of aromatic amines is 1. The molecule has 0 saturated carbocycles. The van der Waals surface area contributed by atoms with Crippen molar-refractivity contribution in [2.45, 2.75) is 38.8 Å². The van der Waals surface area contributed by atoms with Crippen LogP contribution >= 0.6 is 11.6 Å². The summed E-state index contributed by atoms with van der Waals surface area (Å²) in [6.45, 7) is 6.70. The lowest BCUT2D eigenvalue weighted by atomic mass is 10.1. The summed E-state index contributed by atoms with van der Waals surface area (Å²) in [5.74, 6) is 0.807. The summed E-state index contributed by atoms with van der Waals surface area (Å²) in [6, 6.07) is 6.63. The Bertz CT molecular complexity index is 585. The molecule has 1 fully saturated rings. The summed E-state index contributed by atoms with van der Waals surface area (Å²) >= 11 is 6.30. The van der Waals surface area contributed by atoms with Crippen LogP contribution in [0.3, 0.4) is 0 Å². The van der Waals surface area contributed by atoms with Crippen LogP contribution in [0.15, 0.2) is 24.4 Å². The molecule has 108 valence electrons. The van der Waals surface area contributed by atoms with Crippen molar-refractivity contribution in [3.63, 3.8) is 0 Å². The number of benzene rings is 1. The fraction of sp³-hybridized carbons (Fsp3) is 0.500. The van der Waals surface area contributed by atoms with E-state index in [-0.39, 0.29) is 6.10 Å². The quantitative estimate of drug-likeness (QED) is 0.923. The second kappa shape index (κ2) is 5.66. The Hall–Kier alpha value is -1.19. The molecule has 1 N–H and O–H groups in total. The molecule has 1 aromatic carbocycles. The van der Waals surface area contributed by atoms with Gasteiger partial charge < -0.3 is 14.6 Å². The molecule has 1 aliphatic heterocycles. The molecule has 0 spiro atoms. The highest BCUT2D eigenvalue weighted by atomic mass is 35.5. The van der Waals surface area contributed by atoms with Crippen molar-refractivity contribution in [3.05, 3.63) is 29.4 Å². The molecular weight excluding hydrogens is 272 g/mol. The fourth-order valence-electron chi connectivity index (χ4n) is 2.83. The maximum Gasteiger partial charge on any atom is 0.139 e. The van der Waals surface area contributed by atoms with Crippen molar-refractivity contribution in [1.29, 1.82) is 0 Å². The second-order valence-electron chi connectivity index (χ2n) is 5.79. The number of hydrogen-bond donors (Lipinski definition) is 1. The van der Waals surface area contributed by atoms with Gasteiger partial charge in [0.25, 0.3) is 0 Å². The van der Waals surface area contributed by atoms with Crippen molar-refractivity contribution in [3.8, 4) is 5.75 Å². The van der Waals surface area contributed by atoms with Crippen LogP contribution in [0.2, 0.25) is 5.02 Å². The molecule has 0 bridgehead atoms. The van der Waals surface area contributed by atoms with Gasteiger partial charge >= 0.3 is 0 Å². The molecule has 20 heavy (non-hydrogen) atoms. The molecule has 1 saturated heterocycles. The van der Waals surface area contributed by atoms with Gasteiger partial charge in [-0.05, 0) is 44.9 Å². The highest BCUT2D eigenvalue weighted by Crippen LogP contribution is 2.31. The predicted molar refractivity (Wildman–Crippen MR) is 83.7 cm³/mol. The van der Waals surface area contributed by atoms with Crippen LogP contribution in [-0.4, -0.2) is 35.1 Å². The molecule has 0 amide bonds. The van der Waals surface area contributed by atoms with Crippen molar-refractivity contribution >= 4 is 22.5 Å². The third-order valence-corrected chi connectivity index (χ3v) is 4.40. The first-order valence-electron chi connectivity index (χ1n) is 7.31. The smallest absolute Gasteiger partial charge is 0.139 e. The molecule has 3 nitrogen and oxygen atoms in total. The lowest BCUT2D eigenvalue weighted by Crippen LogP contribution is -2.41. The van der Waals surface area contributed by atoms with E-state index in [0.717, 1.165) is 42.6 Å². The van der Waals surface area contributed by atoms with E-state index in [0.29, 0.717) is 11.1 Å². The molecular formula is C16H21ClN2O. The van der Waals surface area contributed by atoms with Gasteiger partial charge in [0, 0.05) is 36.2 Å². The van der Waals surface area contributed by atoms with Crippen molar-refractivity contribution in [1.82, 2.24) is 9.88 Å². The lowest BCUT2D eigenvalue weighted by Gasteiger charge is -2.34. The van der Waals surface area contributed by atoms with Gasteiger partial charge in [-0.2, -0.15) is 0 Å². The Morgan fingerprint density at radius 1 is 1.30 bits per heavy atom. The zero-order chi connectivity index (χ0) is 14.1. The summed E-state index contributed by atoms with van der Waals surface area (Å²) < 4.78 is 6.12. The van der Waals surface area contributed by atoms with Gasteiger partial charge in [-0.15, -0.1) is 0 Å². The van der Waals surface area contributed by atoms with Gasteiger partial charge in [-0.3, -0.25) is 0 Å². The topological polar surface area (TPSA) is 28.3 Å². The average Bonchev–Trinajstić information content (AvgIpc) is 2.87. The summed E-state index contributed by atoms with van der Waals surface area (Å²) in [7, 11) is 0. The maximum atomic E-state index is 6.30. The highest BCUT2D eigenvalue weighted by Gasteiger charge is 2.22. The lowest BCUT2D eigenvalue weighted by molar-refractivity contribution is 0.0845. The number of likely N-dealkylation sites (tertiary alicyclic amines) is 1. The number of fused-ring (bicyclic) bond motifs is 1. The van der Waals surface area contributed by atoms with Gasteiger partial charge in [0.2, 0.25) is 0 Å². The SMILES string of the molecule is CC(C)N1CCC(Oc2cc3cc[nH]c3cc2Cl)CC1. The molecule has 3 rings (SSSR count). The molecule has 0 radical (unpaired) electrons. The van der Waals surface area contributed by atoms with Gasteiger partial charge in [-0.25, -0.2) is 0 Å². The highest BCUT2D eigenvalue weighted by molar-refractivity contribution is 6.32. The van der Waals surface area contributed by atoms with Crippen molar-refractivity contribution < 1.29 is 4.74 Å². The van der Waals surface area contributed by atoms with Crippen LogP contribution < -0.4 is 4.74 Å². The number of nitrogens with zero attached hydrogens (tertiary/aromatic N) is 1. The Labute approximate surface area is 124 Å². The molecule has 2 aromatic rings. The molecule has 1 aromatic heterocycles. The Morgan fingerprint density at radius 2 is 2.05 bits per heavy atom. The molecule has 0 unspecified atom stereocenters. The van der Waals surface area contributed by atoms with Gasteiger partial charge in [0.1, 0.15) is 11.9 Å². The third kappa shape index (κ3) is 2.79. The minimum atomic E-state index is 0.277. The Balaban J connectivity index is 1.69. The van der Waals surface area contributed by atoms with E-state index in [1.807, 2.05) is 24.4 Å². The van der Waals surface area contributed by atoms with E-state index in [9.17, 15) is 0 Å². The first-order chi connectivity index (χ1) is 9.63. The summed E-state index contributed by atoms with van der Waals surface area (Å²) in [4.78, 5) is 5.66. The Morgan fingerprint density at radius 3 is 2.75 bits per heavy atom. The van der Waals surface area contributed by atoms with E-state index >= 15 is 0 Å². The fourth-order valence-corrected chi connectivity index (χ4v) is 3.04. The first kappa shape index (κ1) is 13.8.